The SMILES string of the molecule is Cc1cc(C)n2nc(SCc3ccccc3C(=O)Nc3ccc(OC(C)C)cc3)nc2n1. The Hall–Kier alpha value is -3.39. The Morgan fingerprint density at radius 1 is 1.09 bits per heavy atom. The molecule has 0 aliphatic rings. The van der Waals surface area contributed by atoms with Crippen LogP contribution in [0.15, 0.2) is 59.8 Å². The van der Waals surface area contributed by atoms with Crippen LogP contribution in [-0.4, -0.2) is 31.6 Å². The van der Waals surface area contributed by atoms with Gasteiger partial charge >= 0.3 is 0 Å². The van der Waals surface area contributed by atoms with E-state index in [1.54, 1.807) is 4.52 Å². The zero-order valence-electron chi connectivity index (χ0n) is 18.5. The second-order valence-electron chi connectivity index (χ2n) is 7.74. The summed E-state index contributed by atoms with van der Waals surface area (Å²) in [5.74, 6) is 1.77. The predicted octanol–water partition coefficient (Wildman–Crippen LogP) is 5.07. The quantitative estimate of drug-likeness (QED) is 0.398. The lowest BCUT2D eigenvalue weighted by Gasteiger charge is -2.12. The van der Waals surface area contributed by atoms with Crippen molar-refractivity contribution >= 4 is 29.1 Å². The van der Waals surface area contributed by atoms with E-state index in [1.165, 1.54) is 11.8 Å². The summed E-state index contributed by atoms with van der Waals surface area (Å²) in [5, 5.41) is 8.12. The smallest absolute Gasteiger partial charge is 0.255 e. The maximum absolute atomic E-state index is 12.9. The summed E-state index contributed by atoms with van der Waals surface area (Å²) < 4.78 is 7.39. The van der Waals surface area contributed by atoms with Gasteiger partial charge in [0.2, 0.25) is 5.16 Å². The molecule has 164 valence electrons. The van der Waals surface area contributed by atoms with Gasteiger partial charge in [0.1, 0.15) is 5.75 Å². The Bertz CT molecular complexity index is 1250. The van der Waals surface area contributed by atoms with Crippen molar-refractivity contribution in [2.24, 2.45) is 0 Å². The van der Waals surface area contributed by atoms with Crippen molar-refractivity contribution in [1.82, 2.24) is 19.6 Å². The van der Waals surface area contributed by atoms with Crippen LogP contribution in [0.25, 0.3) is 5.78 Å². The molecule has 0 saturated carbocycles. The lowest BCUT2D eigenvalue weighted by Crippen LogP contribution is -2.14. The van der Waals surface area contributed by atoms with E-state index in [0.29, 0.717) is 27.9 Å². The van der Waals surface area contributed by atoms with Crippen LogP contribution in [0, 0.1) is 13.8 Å². The van der Waals surface area contributed by atoms with E-state index in [4.69, 9.17) is 4.74 Å². The minimum atomic E-state index is -0.158. The van der Waals surface area contributed by atoms with Crippen molar-refractivity contribution in [2.45, 2.75) is 44.7 Å². The highest BCUT2D eigenvalue weighted by molar-refractivity contribution is 7.98. The monoisotopic (exact) mass is 447 g/mol. The molecule has 4 rings (SSSR count). The third-order valence-electron chi connectivity index (χ3n) is 4.70. The number of hydrogen-bond donors (Lipinski definition) is 1. The Morgan fingerprint density at radius 2 is 1.84 bits per heavy atom. The molecule has 0 aliphatic carbocycles. The number of benzene rings is 2. The van der Waals surface area contributed by atoms with Gasteiger partial charge in [-0.25, -0.2) is 9.50 Å². The number of fused-ring (bicyclic) bond motifs is 1. The summed E-state index contributed by atoms with van der Waals surface area (Å²) in [4.78, 5) is 21.9. The number of rotatable bonds is 7. The number of carbonyl (C=O) groups is 1. The Balaban J connectivity index is 1.46. The van der Waals surface area contributed by atoms with Crippen LogP contribution in [0.4, 0.5) is 5.69 Å². The Labute approximate surface area is 191 Å². The van der Waals surface area contributed by atoms with Gasteiger partial charge in [0, 0.05) is 28.4 Å². The summed E-state index contributed by atoms with van der Waals surface area (Å²) in [6.45, 7) is 7.87. The number of aryl methyl sites for hydroxylation is 2. The van der Waals surface area contributed by atoms with Crippen LogP contribution in [0.1, 0.15) is 41.2 Å². The fourth-order valence-corrected chi connectivity index (χ4v) is 4.13. The molecule has 0 spiro atoms. The van der Waals surface area contributed by atoms with Crippen LogP contribution < -0.4 is 10.1 Å². The van der Waals surface area contributed by atoms with Gasteiger partial charge in [-0.05, 0) is 69.7 Å². The van der Waals surface area contributed by atoms with Gasteiger partial charge in [0.25, 0.3) is 11.7 Å². The van der Waals surface area contributed by atoms with E-state index >= 15 is 0 Å². The molecule has 0 fully saturated rings. The molecule has 4 aromatic rings. The normalized spacial score (nSPS) is 11.2. The average molecular weight is 448 g/mol. The molecule has 0 unspecified atom stereocenters. The molecule has 0 bridgehead atoms. The zero-order valence-corrected chi connectivity index (χ0v) is 19.3. The van der Waals surface area contributed by atoms with E-state index in [9.17, 15) is 4.79 Å². The van der Waals surface area contributed by atoms with Gasteiger partial charge in [-0.2, -0.15) is 4.98 Å². The van der Waals surface area contributed by atoms with Crippen molar-refractivity contribution in [3.8, 4) is 5.75 Å². The molecule has 0 radical (unpaired) electrons. The van der Waals surface area contributed by atoms with E-state index in [0.717, 1.165) is 22.7 Å². The summed E-state index contributed by atoms with van der Waals surface area (Å²) >= 11 is 1.48. The number of carbonyl (C=O) groups excluding carboxylic acids is 1. The number of aromatic nitrogens is 4. The van der Waals surface area contributed by atoms with E-state index < -0.39 is 0 Å². The molecule has 8 heteroatoms. The van der Waals surface area contributed by atoms with Crippen LogP contribution in [-0.2, 0) is 5.75 Å². The Kier molecular flexibility index (Phi) is 6.41. The molecule has 2 heterocycles. The fraction of sp³-hybridized carbons (Fsp3) is 0.250. The molecule has 1 N–H and O–H groups in total. The number of hydrogen-bond acceptors (Lipinski definition) is 6. The van der Waals surface area contributed by atoms with Gasteiger partial charge in [-0.15, -0.1) is 5.10 Å². The first kappa shape index (κ1) is 21.8. The van der Waals surface area contributed by atoms with Gasteiger partial charge in [0.05, 0.1) is 6.10 Å². The third kappa shape index (κ3) is 5.08. The standard InChI is InChI=1S/C24H25N5O2S/c1-15(2)31-20-11-9-19(10-12-20)26-22(30)21-8-6-5-7-18(21)14-32-24-27-23-25-16(3)13-17(4)29(23)28-24/h5-13,15H,14H2,1-4H3,(H,26,30). The largest absolute Gasteiger partial charge is 0.491 e. The van der Waals surface area contributed by atoms with Gasteiger partial charge < -0.3 is 10.1 Å². The molecule has 7 nitrogen and oxygen atoms in total. The van der Waals surface area contributed by atoms with Gasteiger partial charge in [-0.3, -0.25) is 4.79 Å². The highest BCUT2D eigenvalue weighted by Gasteiger charge is 2.14. The summed E-state index contributed by atoms with van der Waals surface area (Å²) in [5.41, 5.74) is 4.14. The minimum absolute atomic E-state index is 0.103. The average Bonchev–Trinajstić information content (AvgIpc) is 3.17. The maximum atomic E-state index is 12.9. The molecular weight excluding hydrogens is 422 g/mol. The molecule has 32 heavy (non-hydrogen) atoms. The zero-order chi connectivity index (χ0) is 22.7. The first-order valence-electron chi connectivity index (χ1n) is 10.4. The van der Waals surface area contributed by atoms with Gasteiger partial charge in [-0.1, -0.05) is 30.0 Å². The molecular formula is C24H25N5O2S. The number of ether oxygens (including phenoxy) is 1. The highest BCUT2D eigenvalue weighted by Crippen LogP contribution is 2.24. The fourth-order valence-electron chi connectivity index (χ4n) is 3.31. The topological polar surface area (TPSA) is 81.4 Å². The molecule has 1 amide bonds. The molecule has 2 aromatic heterocycles. The summed E-state index contributed by atoms with van der Waals surface area (Å²) in [7, 11) is 0. The van der Waals surface area contributed by atoms with Crippen molar-refractivity contribution in [2.75, 3.05) is 5.32 Å². The van der Waals surface area contributed by atoms with E-state index in [1.807, 2.05) is 82.3 Å². The Morgan fingerprint density at radius 3 is 2.59 bits per heavy atom. The van der Waals surface area contributed by atoms with E-state index in [-0.39, 0.29) is 12.0 Å². The number of anilines is 1. The van der Waals surface area contributed by atoms with Crippen molar-refractivity contribution < 1.29 is 9.53 Å². The van der Waals surface area contributed by atoms with E-state index in [2.05, 4.69) is 20.4 Å². The number of thioether (sulfide) groups is 1. The predicted molar refractivity (Wildman–Crippen MR) is 126 cm³/mol. The molecule has 0 atom stereocenters. The first-order chi connectivity index (χ1) is 15.4. The highest BCUT2D eigenvalue weighted by atomic mass is 32.2. The summed E-state index contributed by atoms with van der Waals surface area (Å²) in [6.07, 6.45) is 0.103. The second kappa shape index (κ2) is 9.40. The minimum Gasteiger partial charge on any atom is -0.491 e. The molecule has 0 saturated heterocycles. The van der Waals surface area contributed by atoms with Crippen molar-refractivity contribution in [1.29, 1.82) is 0 Å². The first-order valence-corrected chi connectivity index (χ1v) is 11.4. The lowest BCUT2D eigenvalue weighted by molar-refractivity contribution is 0.102. The molecule has 0 aliphatic heterocycles. The van der Waals surface area contributed by atoms with Crippen molar-refractivity contribution in [3.63, 3.8) is 0 Å². The lowest BCUT2D eigenvalue weighted by atomic mass is 10.1. The van der Waals surface area contributed by atoms with Crippen LogP contribution in [0.5, 0.6) is 5.75 Å². The maximum Gasteiger partial charge on any atom is 0.255 e. The van der Waals surface area contributed by atoms with Crippen LogP contribution in [0.3, 0.4) is 0 Å². The van der Waals surface area contributed by atoms with Crippen molar-refractivity contribution in [3.05, 3.63) is 77.1 Å². The number of nitrogens with one attached hydrogen (secondary N) is 1. The van der Waals surface area contributed by atoms with Gasteiger partial charge in [0.15, 0.2) is 0 Å². The number of amides is 1. The molecule has 2 aromatic carbocycles. The summed E-state index contributed by atoms with van der Waals surface area (Å²) in [6, 6.07) is 16.9. The van der Waals surface area contributed by atoms with Crippen LogP contribution in [0.2, 0.25) is 0 Å². The van der Waals surface area contributed by atoms with Crippen LogP contribution >= 0.6 is 11.8 Å². The number of nitrogens with zero attached hydrogens (tertiary/aromatic N) is 4. The second-order valence-corrected chi connectivity index (χ2v) is 8.68. The third-order valence-corrected chi connectivity index (χ3v) is 5.59.